The number of hydrogen-bond donors (Lipinski definition) is 1. The van der Waals surface area contributed by atoms with E-state index in [-0.39, 0.29) is 11.9 Å². The van der Waals surface area contributed by atoms with Crippen molar-refractivity contribution in [1.82, 2.24) is 9.78 Å². The van der Waals surface area contributed by atoms with Crippen molar-refractivity contribution < 1.29 is 4.79 Å². The summed E-state index contributed by atoms with van der Waals surface area (Å²) in [6.45, 7) is 4.14. The standard InChI is InChI=1S/C12H20N4O/c1-5-7-8-10-12(16(4)14-8)15(3)9(6-2)11(17)13-10/h9H,5-7H2,1-4H3,(H,13,17). The third-order valence-corrected chi connectivity index (χ3v) is 3.32. The molecule has 2 rings (SSSR count). The van der Waals surface area contributed by atoms with Crippen LogP contribution in [0.5, 0.6) is 0 Å². The lowest BCUT2D eigenvalue weighted by molar-refractivity contribution is -0.117. The number of nitrogens with zero attached hydrogens (tertiary/aromatic N) is 3. The molecule has 5 heteroatoms. The van der Waals surface area contributed by atoms with Gasteiger partial charge in [-0.1, -0.05) is 20.3 Å². The largest absolute Gasteiger partial charge is 0.346 e. The van der Waals surface area contributed by atoms with E-state index in [1.165, 1.54) is 0 Å². The van der Waals surface area contributed by atoms with Crippen molar-refractivity contribution in [3.05, 3.63) is 5.69 Å². The fourth-order valence-electron chi connectivity index (χ4n) is 2.50. The molecule has 17 heavy (non-hydrogen) atoms. The summed E-state index contributed by atoms with van der Waals surface area (Å²) in [5.41, 5.74) is 1.88. The highest BCUT2D eigenvalue weighted by Gasteiger charge is 2.33. The summed E-state index contributed by atoms with van der Waals surface area (Å²) < 4.78 is 1.86. The van der Waals surface area contributed by atoms with Gasteiger partial charge in [0.1, 0.15) is 11.7 Å². The van der Waals surface area contributed by atoms with E-state index in [0.717, 1.165) is 36.5 Å². The Morgan fingerprint density at radius 2 is 2.06 bits per heavy atom. The fourth-order valence-corrected chi connectivity index (χ4v) is 2.50. The molecule has 0 bridgehead atoms. The van der Waals surface area contributed by atoms with Gasteiger partial charge >= 0.3 is 0 Å². The summed E-state index contributed by atoms with van der Waals surface area (Å²) in [6, 6.07) is -0.0904. The van der Waals surface area contributed by atoms with Crippen molar-refractivity contribution in [2.75, 3.05) is 17.3 Å². The fraction of sp³-hybridized carbons (Fsp3) is 0.667. The molecule has 1 unspecified atom stereocenters. The number of amides is 1. The van der Waals surface area contributed by atoms with Gasteiger partial charge in [-0.3, -0.25) is 9.48 Å². The molecule has 1 aromatic heterocycles. The molecule has 1 atom stereocenters. The number of nitrogens with one attached hydrogen (secondary N) is 1. The molecular weight excluding hydrogens is 216 g/mol. The van der Waals surface area contributed by atoms with Crippen molar-refractivity contribution in [1.29, 1.82) is 0 Å². The highest BCUT2D eigenvalue weighted by molar-refractivity contribution is 6.03. The van der Waals surface area contributed by atoms with Crippen molar-refractivity contribution in [2.45, 2.75) is 39.2 Å². The van der Waals surface area contributed by atoms with Crippen LogP contribution in [-0.4, -0.2) is 28.8 Å². The Bertz CT molecular complexity index is 438. The van der Waals surface area contributed by atoms with Crippen LogP contribution in [0.25, 0.3) is 0 Å². The number of likely N-dealkylation sites (N-methyl/N-ethyl adjacent to an activating group) is 1. The van der Waals surface area contributed by atoms with E-state index in [1.54, 1.807) is 0 Å². The monoisotopic (exact) mass is 236 g/mol. The molecule has 1 aromatic rings. The number of hydrogen-bond acceptors (Lipinski definition) is 3. The third kappa shape index (κ3) is 1.79. The van der Waals surface area contributed by atoms with Gasteiger partial charge in [-0.15, -0.1) is 0 Å². The molecule has 0 radical (unpaired) electrons. The lowest BCUT2D eigenvalue weighted by Crippen LogP contribution is -2.46. The SMILES string of the molecule is CCCc1nn(C)c2c1NC(=O)C(CC)N2C. The molecule has 94 valence electrons. The van der Waals surface area contributed by atoms with Gasteiger partial charge in [0.15, 0.2) is 5.82 Å². The zero-order valence-corrected chi connectivity index (χ0v) is 10.9. The van der Waals surface area contributed by atoms with E-state index in [0.29, 0.717) is 0 Å². The van der Waals surface area contributed by atoms with Crippen LogP contribution in [0.1, 0.15) is 32.4 Å². The van der Waals surface area contributed by atoms with Crippen LogP contribution in [0, 0.1) is 0 Å². The molecule has 1 N–H and O–H groups in total. The Kier molecular flexibility index (Phi) is 3.09. The Morgan fingerprint density at radius 1 is 1.35 bits per heavy atom. The Labute approximate surface area is 102 Å². The Morgan fingerprint density at radius 3 is 2.65 bits per heavy atom. The second-order valence-electron chi connectivity index (χ2n) is 4.54. The van der Waals surface area contributed by atoms with Crippen LogP contribution in [0.15, 0.2) is 0 Å². The lowest BCUT2D eigenvalue weighted by atomic mass is 10.1. The van der Waals surface area contributed by atoms with Gasteiger partial charge in [-0.05, 0) is 12.8 Å². The van der Waals surface area contributed by atoms with Crippen LogP contribution < -0.4 is 10.2 Å². The minimum Gasteiger partial charge on any atom is -0.346 e. The minimum atomic E-state index is -0.0904. The topological polar surface area (TPSA) is 50.2 Å². The average molecular weight is 236 g/mol. The van der Waals surface area contributed by atoms with Gasteiger partial charge in [0.25, 0.3) is 0 Å². The normalized spacial score (nSPS) is 19.2. The first-order chi connectivity index (χ1) is 8.10. The van der Waals surface area contributed by atoms with E-state index >= 15 is 0 Å². The van der Waals surface area contributed by atoms with Gasteiger partial charge < -0.3 is 10.2 Å². The number of rotatable bonds is 3. The molecule has 0 spiro atoms. The highest BCUT2D eigenvalue weighted by Crippen LogP contribution is 2.34. The molecule has 0 aliphatic carbocycles. The van der Waals surface area contributed by atoms with Gasteiger partial charge in [0.2, 0.25) is 5.91 Å². The van der Waals surface area contributed by atoms with Crippen LogP contribution in [0.2, 0.25) is 0 Å². The summed E-state index contributed by atoms with van der Waals surface area (Å²) in [7, 11) is 3.89. The first kappa shape index (κ1) is 12.0. The third-order valence-electron chi connectivity index (χ3n) is 3.32. The minimum absolute atomic E-state index is 0.0767. The van der Waals surface area contributed by atoms with E-state index in [9.17, 15) is 4.79 Å². The van der Waals surface area contributed by atoms with Crippen molar-refractivity contribution in [3.63, 3.8) is 0 Å². The summed E-state index contributed by atoms with van der Waals surface area (Å²) in [5, 5.41) is 7.50. The summed E-state index contributed by atoms with van der Waals surface area (Å²) >= 11 is 0. The molecule has 5 nitrogen and oxygen atoms in total. The van der Waals surface area contributed by atoms with Crippen molar-refractivity contribution >= 4 is 17.4 Å². The van der Waals surface area contributed by atoms with Gasteiger partial charge in [-0.2, -0.15) is 5.10 Å². The van der Waals surface area contributed by atoms with Crippen LogP contribution in [0.4, 0.5) is 11.5 Å². The summed E-state index contributed by atoms with van der Waals surface area (Å²) in [6.07, 6.45) is 2.73. The van der Waals surface area contributed by atoms with E-state index in [2.05, 4.69) is 17.3 Å². The number of carbonyl (C=O) groups excluding carboxylic acids is 1. The van der Waals surface area contributed by atoms with Crippen LogP contribution in [0.3, 0.4) is 0 Å². The first-order valence-electron chi connectivity index (χ1n) is 6.19. The van der Waals surface area contributed by atoms with Crippen molar-refractivity contribution in [2.24, 2.45) is 7.05 Å². The van der Waals surface area contributed by atoms with E-state index in [1.807, 2.05) is 30.6 Å². The predicted octanol–water partition coefficient (Wildman–Crippen LogP) is 1.54. The number of aryl methyl sites for hydroxylation is 2. The predicted molar refractivity (Wildman–Crippen MR) is 68.3 cm³/mol. The van der Waals surface area contributed by atoms with Crippen LogP contribution >= 0.6 is 0 Å². The zero-order valence-electron chi connectivity index (χ0n) is 10.9. The molecule has 0 aromatic carbocycles. The molecule has 0 saturated carbocycles. The molecule has 0 fully saturated rings. The second kappa shape index (κ2) is 4.39. The molecule has 1 aliphatic rings. The van der Waals surface area contributed by atoms with Gasteiger partial charge in [0.05, 0.1) is 5.69 Å². The molecule has 1 aliphatic heterocycles. The number of aromatic nitrogens is 2. The summed E-state index contributed by atoms with van der Waals surface area (Å²) in [5.74, 6) is 1.09. The van der Waals surface area contributed by atoms with Crippen molar-refractivity contribution in [3.8, 4) is 0 Å². The first-order valence-corrected chi connectivity index (χ1v) is 6.19. The van der Waals surface area contributed by atoms with Gasteiger partial charge in [-0.25, -0.2) is 0 Å². The number of fused-ring (bicyclic) bond motifs is 1. The molecule has 2 heterocycles. The average Bonchev–Trinajstić information content (AvgIpc) is 2.56. The van der Waals surface area contributed by atoms with E-state index < -0.39 is 0 Å². The highest BCUT2D eigenvalue weighted by atomic mass is 16.2. The number of anilines is 2. The maximum atomic E-state index is 12.0. The Balaban J connectivity index is 2.46. The lowest BCUT2D eigenvalue weighted by Gasteiger charge is -2.33. The maximum Gasteiger partial charge on any atom is 0.247 e. The zero-order chi connectivity index (χ0) is 12.6. The number of carbonyl (C=O) groups is 1. The smallest absolute Gasteiger partial charge is 0.247 e. The molecule has 1 amide bonds. The quantitative estimate of drug-likeness (QED) is 0.866. The molecular formula is C12H20N4O. The summed E-state index contributed by atoms with van der Waals surface area (Å²) in [4.78, 5) is 14.0. The Hall–Kier alpha value is -1.52. The maximum absolute atomic E-state index is 12.0. The van der Waals surface area contributed by atoms with Crippen LogP contribution in [-0.2, 0) is 18.3 Å². The second-order valence-corrected chi connectivity index (χ2v) is 4.54. The van der Waals surface area contributed by atoms with Gasteiger partial charge in [0, 0.05) is 14.1 Å². The van der Waals surface area contributed by atoms with E-state index in [4.69, 9.17) is 0 Å². The molecule has 0 saturated heterocycles.